The van der Waals surface area contributed by atoms with Gasteiger partial charge in [-0.15, -0.1) is 11.3 Å². The van der Waals surface area contributed by atoms with E-state index >= 15 is 0 Å². The lowest BCUT2D eigenvalue weighted by Gasteiger charge is -1.99. The van der Waals surface area contributed by atoms with Crippen LogP contribution >= 0.6 is 23.1 Å². The van der Waals surface area contributed by atoms with E-state index in [4.69, 9.17) is 17.2 Å². The van der Waals surface area contributed by atoms with Gasteiger partial charge in [-0.1, -0.05) is 5.16 Å². The molecule has 9 heteroatoms. The van der Waals surface area contributed by atoms with Gasteiger partial charge in [-0.2, -0.15) is 16.8 Å². The van der Waals surface area contributed by atoms with E-state index in [2.05, 4.69) is 20.0 Å². The fourth-order valence-electron chi connectivity index (χ4n) is 1.04. The normalized spacial score (nSPS) is 11.3. The molecule has 0 aliphatic carbocycles. The Hall–Kier alpha value is -1.48. The van der Waals surface area contributed by atoms with Gasteiger partial charge in [0.2, 0.25) is 5.13 Å². The van der Waals surface area contributed by atoms with Crippen molar-refractivity contribution in [3.8, 4) is 0 Å². The first-order valence-corrected chi connectivity index (χ1v) is 7.12. The Morgan fingerprint density at radius 3 is 2.94 bits per heavy atom. The molecule has 0 aliphatic heterocycles. The smallest absolute Gasteiger partial charge is 0.212 e. The number of oxime groups is 1. The predicted molar refractivity (Wildman–Crippen MR) is 77.0 cm³/mol. The number of hydrogen-bond acceptors (Lipinski definition) is 6. The summed E-state index contributed by atoms with van der Waals surface area (Å²) in [7, 11) is 1.47. The molecule has 0 aliphatic rings. The minimum atomic E-state index is 0.0205. The Balaban J connectivity index is 2.30. The fourth-order valence-corrected chi connectivity index (χ4v) is 2.71. The second-order valence-corrected chi connectivity index (χ2v) is 5.17. The number of nitrogens with zero attached hydrogens (tertiary/aromatic N) is 3. The summed E-state index contributed by atoms with van der Waals surface area (Å²) < 4.78 is 0. The van der Waals surface area contributed by atoms with Crippen molar-refractivity contribution in [2.24, 2.45) is 27.3 Å². The van der Waals surface area contributed by atoms with Crippen LogP contribution in [0, 0.1) is 0 Å². The van der Waals surface area contributed by atoms with Crippen LogP contribution in [0.15, 0.2) is 15.5 Å². The Morgan fingerprint density at radius 1 is 1.50 bits per heavy atom. The average Bonchev–Trinajstić information content (AvgIpc) is 2.71. The van der Waals surface area contributed by atoms with Crippen molar-refractivity contribution in [3.05, 3.63) is 11.1 Å². The highest BCUT2D eigenvalue weighted by atomic mass is 32.2. The molecule has 0 unspecified atom stereocenters. The molecule has 1 aromatic rings. The molecule has 18 heavy (non-hydrogen) atoms. The van der Waals surface area contributed by atoms with E-state index in [0.717, 1.165) is 17.2 Å². The van der Waals surface area contributed by atoms with Crippen molar-refractivity contribution in [1.82, 2.24) is 4.98 Å². The Bertz CT molecular complexity index is 426. The first-order valence-electron chi connectivity index (χ1n) is 5.09. The molecule has 0 aromatic carbocycles. The van der Waals surface area contributed by atoms with Crippen LogP contribution in [0.4, 0.5) is 5.13 Å². The number of amidine groups is 1. The highest BCUT2D eigenvalue weighted by Gasteiger charge is 2.02. The van der Waals surface area contributed by atoms with E-state index in [0.29, 0.717) is 17.4 Å². The van der Waals surface area contributed by atoms with Crippen molar-refractivity contribution in [3.63, 3.8) is 0 Å². The molecule has 0 atom stereocenters. The number of rotatable bonds is 7. The van der Waals surface area contributed by atoms with Crippen LogP contribution in [0.1, 0.15) is 12.1 Å². The summed E-state index contributed by atoms with van der Waals surface area (Å²) in [5, 5.41) is 6.13. The second kappa shape index (κ2) is 7.77. The van der Waals surface area contributed by atoms with Crippen molar-refractivity contribution in [2.75, 3.05) is 12.9 Å². The first kappa shape index (κ1) is 14.6. The van der Waals surface area contributed by atoms with Crippen LogP contribution in [-0.4, -0.2) is 29.6 Å². The maximum atomic E-state index is 5.58. The molecule has 1 rings (SSSR count). The van der Waals surface area contributed by atoms with Gasteiger partial charge < -0.3 is 22.0 Å². The summed E-state index contributed by atoms with van der Waals surface area (Å²) in [4.78, 5) is 12.7. The topological polar surface area (TPSA) is 125 Å². The molecular formula is C9H16N6OS2. The molecule has 0 bridgehead atoms. The van der Waals surface area contributed by atoms with Crippen molar-refractivity contribution < 1.29 is 4.84 Å². The molecule has 1 heterocycles. The highest BCUT2D eigenvalue weighted by Crippen LogP contribution is 2.21. The molecule has 1 aromatic heterocycles. The standard InChI is InChI=1S/C9H16N6OS2/c1-16-15-7(10)2-3-17-4-6-5-18-9(13-6)14-8(11)12/h5H,2-4H2,1H3,(H2,10,15)(H4,11,12,13,14). The van der Waals surface area contributed by atoms with Crippen LogP contribution in [0.25, 0.3) is 0 Å². The van der Waals surface area contributed by atoms with E-state index in [1.54, 1.807) is 11.8 Å². The van der Waals surface area contributed by atoms with Crippen molar-refractivity contribution in [1.29, 1.82) is 0 Å². The lowest BCUT2D eigenvalue weighted by Crippen LogP contribution is -2.21. The van der Waals surface area contributed by atoms with Crippen LogP contribution in [-0.2, 0) is 10.6 Å². The monoisotopic (exact) mass is 288 g/mol. The summed E-state index contributed by atoms with van der Waals surface area (Å²) >= 11 is 3.12. The van der Waals surface area contributed by atoms with Gasteiger partial charge in [-0.25, -0.2) is 4.98 Å². The molecule has 0 fully saturated rings. The van der Waals surface area contributed by atoms with E-state index in [9.17, 15) is 0 Å². The molecule has 100 valence electrons. The van der Waals surface area contributed by atoms with Crippen molar-refractivity contribution >= 4 is 40.0 Å². The maximum Gasteiger partial charge on any atom is 0.212 e. The molecule has 7 nitrogen and oxygen atoms in total. The zero-order valence-electron chi connectivity index (χ0n) is 10.00. The summed E-state index contributed by atoms with van der Waals surface area (Å²) in [6.07, 6.45) is 0.684. The maximum absolute atomic E-state index is 5.58. The van der Waals surface area contributed by atoms with Crippen LogP contribution in [0.3, 0.4) is 0 Å². The van der Waals surface area contributed by atoms with Gasteiger partial charge in [0, 0.05) is 23.3 Å². The minimum Gasteiger partial charge on any atom is -0.398 e. The van der Waals surface area contributed by atoms with Gasteiger partial charge >= 0.3 is 0 Å². The van der Waals surface area contributed by atoms with Crippen LogP contribution in [0.2, 0.25) is 0 Å². The Kier molecular flexibility index (Phi) is 6.29. The number of thiazole rings is 1. The summed E-state index contributed by atoms with van der Waals surface area (Å²) in [6.45, 7) is 0. The van der Waals surface area contributed by atoms with Gasteiger partial charge in [0.25, 0.3) is 0 Å². The number of nitrogens with two attached hydrogens (primary N) is 3. The molecule has 0 spiro atoms. The molecule has 0 saturated heterocycles. The second-order valence-electron chi connectivity index (χ2n) is 3.23. The molecule has 6 N–H and O–H groups in total. The quantitative estimate of drug-likeness (QED) is 0.292. The first-order chi connectivity index (χ1) is 8.61. The van der Waals surface area contributed by atoms with Crippen LogP contribution in [0.5, 0.6) is 0 Å². The molecule has 0 amide bonds. The number of thioether (sulfide) groups is 1. The predicted octanol–water partition coefficient (Wildman–Crippen LogP) is 0.590. The molecule has 0 radical (unpaired) electrons. The zero-order chi connectivity index (χ0) is 13.4. The number of guanidine groups is 1. The Morgan fingerprint density at radius 2 is 2.28 bits per heavy atom. The Labute approximate surface area is 113 Å². The molecular weight excluding hydrogens is 272 g/mol. The van der Waals surface area contributed by atoms with E-state index in [1.807, 2.05) is 5.38 Å². The average molecular weight is 288 g/mol. The fraction of sp³-hybridized carbons (Fsp3) is 0.444. The lowest BCUT2D eigenvalue weighted by atomic mass is 10.5. The van der Waals surface area contributed by atoms with E-state index in [1.165, 1.54) is 18.4 Å². The zero-order valence-corrected chi connectivity index (χ0v) is 11.6. The summed E-state index contributed by atoms with van der Waals surface area (Å²) in [6, 6.07) is 0. The van der Waals surface area contributed by atoms with Crippen LogP contribution < -0.4 is 17.2 Å². The SMILES string of the molecule is CON=C(N)CCSCc1csc(N=C(N)N)n1. The summed E-state index contributed by atoms with van der Waals surface area (Å²) in [5.41, 5.74) is 17.1. The van der Waals surface area contributed by atoms with Gasteiger partial charge in [0.1, 0.15) is 12.9 Å². The van der Waals surface area contributed by atoms with Gasteiger partial charge in [-0.05, 0) is 0 Å². The molecule has 0 saturated carbocycles. The van der Waals surface area contributed by atoms with Crippen molar-refractivity contribution in [2.45, 2.75) is 12.2 Å². The number of aromatic nitrogens is 1. The van der Waals surface area contributed by atoms with Gasteiger partial charge in [0.15, 0.2) is 5.96 Å². The number of aliphatic imine (C=N–C) groups is 1. The summed E-state index contributed by atoms with van der Waals surface area (Å²) in [5.74, 6) is 2.15. The van der Waals surface area contributed by atoms with E-state index < -0.39 is 0 Å². The minimum absolute atomic E-state index is 0.0205. The van der Waals surface area contributed by atoms with E-state index in [-0.39, 0.29) is 5.96 Å². The third kappa shape index (κ3) is 5.73. The lowest BCUT2D eigenvalue weighted by molar-refractivity contribution is 0.212. The highest BCUT2D eigenvalue weighted by molar-refractivity contribution is 7.98. The number of hydrogen-bond donors (Lipinski definition) is 3. The van der Waals surface area contributed by atoms with Gasteiger partial charge in [-0.3, -0.25) is 0 Å². The largest absolute Gasteiger partial charge is 0.398 e. The third-order valence-corrected chi connectivity index (χ3v) is 3.50. The third-order valence-electron chi connectivity index (χ3n) is 1.73. The van der Waals surface area contributed by atoms with Gasteiger partial charge in [0.05, 0.1) is 5.69 Å².